The fourth-order valence-corrected chi connectivity index (χ4v) is 3.36. The van der Waals surface area contributed by atoms with Crippen LogP contribution in [0, 0.1) is 6.92 Å². The minimum Gasteiger partial charge on any atom is -0.295 e. The van der Waals surface area contributed by atoms with Gasteiger partial charge in [0.05, 0.1) is 16.7 Å². The lowest BCUT2D eigenvalue weighted by molar-refractivity contribution is 0.909. The van der Waals surface area contributed by atoms with Gasteiger partial charge in [-0.15, -0.1) is 11.6 Å². The maximum Gasteiger partial charge on any atom is 0.115 e. The average molecular weight is 429 g/mol. The van der Waals surface area contributed by atoms with Crippen LogP contribution in [0.4, 0.5) is 0 Å². The molecule has 0 fully saturated rings. The predicted molar refractivity (Wildman–Crippen MR) is 95.6 cm³/mol. The van der Waals surface area contributed by atoms with Gasteiger partial charge >= 0.3 is 0 Å². The van der Waals surface area contributed by atoms with Crippen molar-refractivity contribution in [2.24, 2.45) is 0 Å². The predicted octanol–water partition coefficient (Wildman–Crippen LogP) is 5.64. The summed E-state index contributed by atoms with van der Waals surface area (Å²) in [5.74, 6) is 1.53. The molecule has 1 aromatic heterocycles. The van der Waals surface area contributed by atoms with Gasteiger partial charge in [0.15, 0.2) is 0 Å². The molecule has 0 atom stereocenters. The normalized spacial score (nSPS) is 11.2. The quantitative estimate of drug-likeness (QED) is 0.494. The highest BCUT2D eigenvalue weighted by Gasteiger charge is 2.14. The Balaban J connectivity index is 2.33. The molecule has 0 aliphatic carbocycles. The lowest BCUT2D eigenvalue weighted by Crippen LogP contribution is -2.03. The van der Waals surface area contributed by atoms with E-state index in [-0.39, 0.29) is 0 Å². The smallest absolute Gasteiger partial charge is 0.115 e. The number of aryl methyl sites for hydroxylation is 2. The van der Waals surface area contributed by atoms with E-state index in [9.17, 15) is 0 Å². The number of halogens is 3. The monoisotopic (exact) mass is 426 g/mol. The molecule has 0 unspecified atom stereocenters. The summed E-state index contributed by atoms with van der Waals surface area (Å²) in [7, 11) is 0. The van der Waals surface area contributed by atoms with Gasteiger partial charge in [-0.3, -0.25) is 4.57 Å². The first kappa shape index (κ1) is 15.1. The van der Waals surface area contributed by atoms with Crippen molar-refractivity contribution >= 4 is 54.5 Å². The highest BCUT2D eigenvalue weighted by atomic mass is 79.9. The molecule has 2 aromatic carbocycles. The highest BCUT2D eigenvalue weighted by molar-refractivity contribution is 9.11. The Kier molecular flexibility index (Phi) is 4.38. The van der Waals surface area contributed by atoms with E-state index in [0.717, 1.165) is 37.9 Å². The molecule has 0 aliphatic rings. The highest BCUT2D eigenvalue weighted by Crippen LogP contribution is 2.30. The molecule has 2 nitrogen and oxygen atoms in total. The first-order valence-electron chi connectivity index (χ1n) is 6.59. The molecule has 0 saturated carbocycles. The van der Waals surface area contributed by atoms with Crippen molar-refractivity contribution in [2.45, 2.75) is 13.3 Å². The Bertz CT molecular complexity index is 811. The zero-order valence-electron chi connectivity index (χ0n) is 11.4. The maximum absolute atomic E-state index is 5.95. The van der Waals surface area contributed by atoms with Gasteiger partial charge in [0.1, 0.15) is 5.82 Å². The van der Waals surface area contributed by atoms with Crippen molar-refractivity contribution in [2.75, 3.05) is 5.88 Å². The van der Waals surface area contributed by atoms with Crippen molar-refractivity contribution in [1.82, 2.24) is 9.55 Å². The molecule has 0 radical (unpaired) electrons. The molecule has 0 amide bonds. The second-order valence-corrected chi connectivity index (χ2v) is 7.04. The van der Waals surface area contributed by atoms with E-state index in [1.165, 1.54) is 5.56 Å². The fourth-order valence-electron chi connectivity index (χ4n) is 2.42. The number of rotatable bonds is 3. The van der Waals surface area contributed by atoms with Crippen molar-refractivity contribution < 1.29 is 0 Å². The van der Waals surface area contributed by atoms with E-state index in [0.29, 0.717) is 5.88 Å². The molecule has 21 heavy (non-hydrogen) atoms. The molecule has 0 bridgehead atoms. The first-order valence-corrected chi connectivity index (χ1v) is 8.71. The van der Waals surface area contributed by atoms with Gasteiger partial charge in [-0.05, 0) is 58.7 Å². The summed E-state index contributed by atoms with van der Waals surface area (Å²) in [4.78, 5) is 4.75. The minimum absolute atomic E-state index is 0.550. The van der Waals surface area contributed by atoms with Gasteiger partial charge < -0.3 is 0 Å². The third kappa shape index (κ3) is 2.89. The van der Waals surface area contributed by atoms with Gasteiger partial charge in [0.2, 0.25) is 0 Å². The van der Waals surface area contributed by atoms with Crippen LogP contribution in [0.2, 0.25) is 0 Å². The number of hydrogen-bond donors (Lipinski definition) is 0. The van der Waals surface area contributed by atoms with E-state index < -0.39 is 0 Å². The van der Waals surface area contributed by atoms with Gasteiger partial charge in [0, 0.05) is 21.2 Å². The molecule has 0 aliphatic heterocycles. The number of imidazole rings is 1. The summed E-state index contributed by atoms with van der Waals surface area (Å²) in [5.41, 5.74) is 4.37. The number of alkyl halides is 1. The van der Waals surface area contributed by atoms with Crippen LogP contribution in [-0.2, 0) is 6.42 Å². The number of fused-ring (bicyclic) bond motifs is 1. The van der Waals surface area contributed by atoms with Crippen LogP contribution in [0.1, 0.15) is 11.4 Å². The first-order chi connectivity index (χ1) is 10.1. The van der Waals surface area contributed by atoms with Crippen LogP contribution < -0.4 is 0 Å². The Morgan fingerprint density at radius 3 is 2.71 bits per heavy atom. The number of benzene rings is 2. The van der Waals surface area contributed by atoms with Crippen molar-refractivity contribution in [3.05, 3.63) is 56.7 Å². The lowest BCUT2D eigenvalue weighted by atomic mass is 10.2. The number of aromatic nitrogens is 2. The minimum atomic E-state index is 0.550. The van der Waals surface area contributed by atoms with Crippen molar-refractivity contribution in [1.29, 1.82) is 0 Å². The van der Waals surface area contributed by atoms with E-state index in [2.05, 4.69) is 67.6 Å². The van der Waals surface area contributed by atoms with Crippen LogP contribution >= 0.6 is 43.5 Å². The molecular formula is C16H13Br2ClN2. The second kappa shape index (κ2) is 6.11. The molecule has 5 heteroatoms. The molecule has 3 rings (SSSR count). The molecular weight excluding hydrogens is 415 g/mol. The van der Waals surface area contributed by atoms with E-state index in [1.807, 2.05) is 12.1 Å². The van der Waals surface area contributed by atoms with Crippen LogP contribution in [0.3, 0.4) is 0 Å². The SMILES string of the molecule is Cc1ccc2c(c1)nc(CCCl)n2-c1cc(Br)ccc1Br. The topological polar surface area (TPSA) is 17.8 Å². The zero-order chi connectivity index (χ0) is 15.0. The summed E-state index contributed by atoms with van der Waals surface area (Å²) in [6, 6.07) is 12.5. The average Bonchev–Trinajstić information content (AvgIpc) is 2.79. The van der Waals surface area contributed by atoms with Crippen LogP contribution in [0.15, 0.2) is 45.3 Å². The second-order valence-electron chi connectivity index (χ2n) is 4.89. The van der Waals surface area contributed by atoms with Gasteiger partial charge in [-0.25, -0.2) is 4.98 Å². The maximum atomic E-state index is 5.95. The van der Waals surface area contributed by atoms with Gasteiger partial charge in [-0.1, -0.05) is 22.0 Å². The summed E-state index contributed by atoms with van der Waals surface area (Å²) < 4.78 is 4.24. The van der Waals surface area contributed by atoms with Gasteiger partial charge in [-0.2, -0.15) is 0 Å². The van der Waals surface area contributed by atoms with Crippen LogP contribution in [0.5, 0.6) is 0 Å². The van der Waals surface area contributed by atoms with E-state index >= 15 is 0 Å². The lowest BCUT2D eigenvalue weighted by Gasteiger charge is -2.11. The molecule has 0 spiro atoms. The fraction of sp³-hybridized carbons (Fsp3) is 0.188. The Hall–Kier alpha value is -0.840. The molecule has 1 heterocycles. The standard InChI is InChI=1S/C16H13Br2ClN2/c1-10-2-5-14-13(8-10)20-16(6-7-19)21(14)15-9-11(17)3-4-12(15)18/h2-5,8-9H,6-7H2,1H3. The van der Waals surface area contributed by atoms with Crippen molar-refractivity contribution in [3.8, 4) is 5.69 Å². The Morgan fingerprint density at radius 1 is 1.14 bits per heavy atom. The Morgan fingerprint density at radius 2 is 1.95 bits per heavy atom. The third-order valence-electron chi connectivity index (χ3n) is 3.35. The van der Waals surface area contributed by atoms with E-state index in [4.69, 9.17) is 16.6 Å². The van der Waals surface area contributed by atoms with Crippen LogP contribution in [0.25, 0.3) is 16.7 Å². The summed E-state index contributed by atoms with van der Waals surface area (Å²) in [5, 5.41) is 0. The number of nitrogens with zero attached hydrogens (tertiary/aromatic N) is 2. The van der Waals surface area contributed by atoms with Crippen LogP contribution in [-0.4, -0.2) is 15.4 Å². The summed E-state index contributed by atoms with van der Waals surface area (Å²) in [6.07, 6.45) is 0.730. The molecule has 0 saturated heterocycles. The largest absolute Gasteiger partial charge is 0.295 e. The van der Waals surface area contributed by atoms with Gasteiger partial charge in [0.25, 0.3) is 0 Å². The van der Waals surface area contributed by atoms with Crippen molar-refractivity contribution in [3.63, 3.8) is 0 Å². The van der Waals surface area contributed by atoms with E-state index in [1.54, 1.807) is 0 Å². The number of hydrogen-bond acceptors (Lipinski definition) is 1. The molecule has 108 valence electrons. The molecule has 0 N–H and O–H groups in total. The summed E-state index contributed by atoms with van der Waals surface area (Å²) >= 11 is 13.1. The molecule has 3 aromatic rings. The Labute approximate surface area is 145 Å². The third-order valence-corrected chi connectivity index (χ3v) is 4.70. The summed E-state index contributed by atoms with van der Waals surface area (Å²) in [6.45, 7) is 2.08. The zero-order valence-corrected chi connectivity index (χ0v) is 15.3.